The maximum Gasteiger partial charge on any atom is 0.573 e. The summed E-state index contributed by atoms with van der Waals surface area (Å²) in [7, 11) is -4.35. The molecule has 172 valence electrons. The highest BCUT2D eigenvalue weighted by Gasteiger charge is 2.34. The maximum absolute atomic E-state index is 12.8. The van der Waals surface area contributed by atoms with Gasteiger partial charge in [-0.1, -0.05) is 29.8 Å². The van der Waals surface area contributed by atoms with Gasteiger partial charge in [-0.15, -0.1) is 13.2 Å². The van der Waals surface area contributed by atoms with E-state index in [1.54, 1.807) is 23.6 Å². The van der Waals surface area contributed by atoms with Crippen molar-refractivity contribution < 1.29 is 31.1 Å². The minimum atomic E-state index is -5.03. The van der Waals surface area contributed by atoms with Crippen molar-refractivity contribution in [2.75, 3.05) is 0 Å². The standard InChI is InChI=1S/C21H22F3N3O4S/c1-4-27-17(13-25-20(27)30-16-11-9-14(2)10-12-16)15(3)26-32(28,29)19-8-6-5-7-18(19)31-21(22,23)24/h5-13,15,26H,4H2,1-3H3. The summed E-state index contributed by atoms with van der Waals surface area (Å²) < 4.78 is 77.4. The number of rotatable bonds is 8. The lowest BCUT2D eigenvalue weighted by molar-refractivity contribution is -0.275. The fraction of sp³-hybridized carbons (Fsp3) is 0.286. The van der Waals surface area contributed by atoms with Crippen LogP contribution >= 0.6 is 0 Å². The van der Waals surface area contributed by atoms with Gasteiger partial charge in [-0.3, -0.25) is 4.57 Å². The number of alkyl halides is 3. The number of para-hydroxylation sites is 1. The number of hydrogen-bond acceptors (Lipinski definition) is 5. The Morgan fingerprint density at radius 2 is 1.78 bits per heavy atom. The minimum absolute atomic E-state index is 0.262. The van der Waals surface area contributed by atoms with Crippen LogP contribution in [0.25, 0.3) is 0 Å². The molecule has 1 heterocycles. The third kappa shape index (κ3) is 5.60. The normalized spacial score (nSPS) is 13.1. The van der Waals surface area contributed by atoms with E-state index in [9.17, 15) is 21.6 Å². The first kappa shape index (κ1) is 23.6. The first-order valence-corrected chi connectivity index (χ1v) is 11.2. The molecule has 7 nitrogen and oxygen atoms in total. The highest BCUT2D eigenvalue weighted by molar-refractivity contribution is 7.89. The van der Waals surface area contributed by atoms with Crippen LogP contribution in [0.15, 0.2) is 59.6 Å². The summed E-state index contributed by atoms with van der Waals surface area (Å²) in [6, 6.07) is 11.3. The fourth-order valence-electron chi connectivity index (χ4n) is 3.07. The number of halogens is 3. The zero-order valence-corrected chi connectivity index (χ0v) is 18.4. The van der Waals surface area contributed by atoms with Gasteiger partial charge in [0.25, 0.3) is 0 Å². The van der Waals surface area contributed by atoms with E-state index in [4.69, 9.17) is 4.74 Å². The Bertz CT molecular complexity index is 1180. The Kier molecular flexibility index (Phi) is 6.79. The zero-order valence-electron chi connectivity index (χ0n) is 17.6. The molecular formula is C21H22F3N3O4S. The highest BCUT2D eigenvalue weighted by atomic mass is 32.2. The molecule has 3 aromatic rings. The number of imidazole rings is 1. The van der Waals surface area contributed by atoms with Gasteiger partial charge in [-0.2, -0.15) is 0 Å². The number of sulfonamides is 1. The van der Waals surface area contributed by atoms with Crippen molar-refractivity contribution in [1.29, 1.82) is 0 Å². The van der Waals surface area contributed by atoms with Gasteiger partial charge >= 0.3 is 12.4 Å². The Labute approximate surface area is 183 Å². The molecule has 2 aromatic carbocycles. The average Bonchev–Trinajstić information content (AvgIpc) is 3.11. The van der Waals surface area contributed by atoms with Crippen LogP contribution in [0.2, 0.25) is 0 Å². The minimum Gasteiger partial charge on any atom is -0.426 e. The van der Waals surface area contributed by atoms with Gasteiger partial charge in [0.1, 0.15) is 16.4 Å². The molecule has 32 heavy (non-hydrogen) atoms. The van der Waals surface area contributed by atoms with Crippen molar-refractivity contribution in [3.8, 4) is 17.5 Å². The molecule has 11 heteroatoms. The second kappa shape index (κ2) is 9.21. The first-order valence-electron chi connectivity index (χ1n) is 9.67. The van der Waals surface area contributed by atoms with Gasteiger partial charge < -0.3 is 9.47 Å². The molecule has 0 amide bonds. The summed E-state index contributed by atoms with van der Waals surface area (Å²) in [6.07, 6.45) is -3.57. The number of aromatic nitrogens is 2. The number of ether oxygens (including phenoxy) is 2. The number of hydrogen-bond donors (Lipinski definition) is 1. The summed E-state index contributed by atoms with van der Waals surface area (Å²) in [4.78, 5) is 3.60. The van der Waals surface area contributed by atoms with E-state index in [-0.39, 0.29) is 6.01 Å². The van der Waals surface area contributed by atoms with Crippen LogP contribution in [0.3, 0.4) is 0 Å². The molecule has 1 N–H and O–H groups in total. The zero-order chi connectivity index (χ0) is 23.5. The molecule has 0 fully saturated rings. The summed E-state index contributed by atoms with van der Waals surface area (Å²) in [5.74, 6) is -0.249. The molecule has 1 unspecified atom stereocenters. The number of benzene rings is 2. The predicted octanol–water partition coefficient (Wildman–Crippen LogP) is 4.94. The quantitative estimate of drug-likeness (QED) is 0.505. The van der Waals surface area contributed by atoms with Crippen molar-refractivity contribution in [2.45, 2.75) is 44.6 Å². The van der Waals surface area contributed by atoms with Gasteiger partial charge in [-0.25, -0.2) is 18.1 Å². The third-order valence-corrected chi connectivity index (χ3v) is 6.12. The molecule has 0 aliphatic carbocycles. The number of nitrogens with zero attached hydrogens (tertiary/aromatic N) is 2. The Morgan fingerprint density at radius 3 is 2.41 bits per heavy atom. The SMILES string of the molecule is CCn1c(C(C)NS(=O)(=O)c2ccccc2OC(F)(F)F)cnc1Oc1ccc(C)cc1. The Morgan fingerprint density at radius 1 is 1.12 bits per heavy atom. The number of aryl methyl sites for hydroxylation is 1. The molecule has 0 bridgehead atoms. The van der Waals surface area contributed by atoms with Gasteiger partial charge in [-0.05, 0) is 45.0 Å². The molecule has 1 aromatic heterocycles. The topological polar surface area (TPSA) is 82.5 Å². The molecule has 0 saturated heterocycles. The second-order valence-corrected chi connectivity index (χ2v) is 8.64. The van der Waals surface area contributed by atoms with Crippen LogP contribution in [-0.4, -0.2) is 24.3 Å². The Balaban J connectivity index is 1.85. The second-order valence-electron chi connectivity index (χ2n) is 6.96. The summed E-state index contributed by atoms with van der Waals surface area (Å²) in [5.41, 5.74) is 1.54. The van der Waals surface area contributed by atoms with Gasteiger partial charge in [0.2, 0.25) is 10.0 Å². The first-order chi connectivity index (χ1) is 15.0. The van der Waals surface area contributed by atoms with E-state index in [0.717, 1.165) is 17.7 Å². The van der Waals surface area contributed by atoms with Crippen LogP contribution in [0, 0.1) is 6.92 Å². The van der Waals surface area contributed by atoms with Gasteiger partial charge in [0.05, 0.1) is 17.9 Å². The molecule has 0 saturated carbocycles. The molecule has 0 aliphatic heterocycles. The molecule has 0 aliphatic rings. The largest absolute Gasteiger partial charge is 0.573 e. The molecule has 0 radical (unpaired) electrons. The van der Waals surface area contributed by atoms with Gasteiger partial charge in [0, 0.05) is 6.54 Å². The van der Waals surface area contributed by atoms with E-state index >= 15 is 0 Å². The van der Waals surface area contributed by atoms with Crippen molar-refractivity contribution in [3.63, 3.8) is 0 Å². The van der Waals surface area contributed by atoms with Crippen molar-refractivity contribution in [1.82, 2.24) is 14.3 Å². The van der Waals surface area contributed by atoms with Crippen LogP contribution in [0.5, 0.6) is 17.5 Å². The lowest BCUT2D eigenvalue weighted by Crippen LogP contribution is -2.29. The van der Waals surface area contributed by atoms with E-state index in [2.05, 4.69) is 14.4 Å². The predicted molar refractivity (Wildman–Crippen MR) is 111 cm³/mol. The maximum atomic E-state index is 12.8. The number of nitrogens with one attached hydrogen (secondary N) is 1. The van der Waals surface area contributed by atoms with E-state index < -0.39 is 33.1 Å². The monoisotopic (exact) mass is 469 g/mol. The Hall–Kier alpha value is -3.05. The van der Waals surface area contributed by atoms with E-state index in [0.29, 0.717) is 18.0 Å². The van der Waals surface area contributed by atoms with Crippen LogP contribution in [0.1, 0.15) is 31.1 Å². The average molecular weight is 469 g/mol. The van der Waals surface area contributed by atoms with Crippen molar-refractivity contribution in [3.05, 3.63) is 66.0 Å². The lowest BCUT2D eigenvalue weighted by Gasteiger charge is -2.18. The van der Waals surface area contributed by atoms with E-state index in [1.165, 1.54) is 18.3 Å². The highest BCUT2D eigenvalue weighted by Crippen LogP contribution is 2.31. The van der Waals surface area contributed by atoms with Crippen LogP contribution < -0.4 is 14.2 Å². The van der Waals surface area contributed by atoms with Gasteiger partial charge in [0.15, 0.2) is 0 Å². The molecule has 3 rings (SSSR count). The summed E-state index contributed by atoms with van der Waals surface area (Å²) in [6.45, 7) is 5.77. The van der Waals surface area contributed by atoms with Crippen molar-refractivity contribution in [2.24, 2.45) is 0 Å². The fourth-order valence-corrected chi connectivity index (χ4v) is 4.41. The smallest absolute Gasteiger partial charge is 0.426 e. The van der Waals surface area contributed by atoms with Crippen molar-refractivity contribution >= 4 is 10.0 Å². The van der Waals surface area contributed by atoms with Crippen LogP contribution in [0.4, 0.5) is 13.2 Å². The summed E-state index contributed by atoms with van der Waals surface area (Å²) in [5, 5.41) is 0. The molecular weight excluding hydrogens is 447 g/mol. The van der Waals surface area contributed by atoms with E-state index in [1.807, 2.05) is 26.0 Å². The summed E-state index contributed by atoms with van der Waals surface area (Å²) >= 11 is 0. The third-order valence-electron chi connectivity index (χ3n) is 4.54. The molecule has 1 atom stereocenters. The lowest BCUT2D eigenvalue weighted by atomic mass is 10.2. The molecule has 0 spiro atoms. The van der Waals surface area contributed by atoms with Crippen LogP contribution in [-0.2, 0) is 16.6 Å².